The van der Waals surface area contributed by atoms with Crippen LogP contribution in [0.3, 0.4) is 0 Å². The Bertz CT molecular complexity index is 544. The third-order valence-corrected chi connectivity index (χ3v) is 3.69. The normalized spacial score (nSPS) is 13.8. The van der Waals surface area contributed by atoms with E-state index in [1.807, 2.05) is 0 Å². The van der Waals surface area contributed by atoms with E-state index in [4.69, 9.17) is 22.1 Å². The van der Waals surface area contributed by atoms with Crippen molar-refractivity contribution >= 4 is 17.6 Å². The molecule has 0 amide bonds. The van der Waals surface area contributed by atoms with Gasteiger partial charge in [0.1, 0.15) is 0 Å². The summed E-state index contributed by atoms with van der Waals surface area (Å²) in [6.45, 7) is 4.01. The molecule has 0 aliphatic carbocycles. The standard InChI is InChI=1S/C15H19ClF3NO2/c1-4-22-13(21)8-12(20)9-5-10(7-11(16)6-9)14(2,3)15(17,18)19/h5-7,12H,4,8,20H2,1-3H3. The lowest BCUT2D eigenvalue weighted by Crippen LogP contribution is -2.36. The van der Waals surface area contributed by atoms with Crippen LogP contribution in [0.5, 0.6) is 0 Å². The molecular weight excluding hydrogens is 319 g/mol. The van der Waals surface area contributed by atoms with Crippen molar-refractivity contribution in [2.24, 2.45) is 5.73 Å². The molecule has 3 nitrogen and oxygen atoms in total. The van der Waals surface area contributed by atoms with Gasteiger partial charge in [-0.15, -0.1) is 0 Å². The summed E-state index contributed by atoms with van der Waals surface area (Å²) in [6.07, 6.45) is -4.56. The van der Waals surface area contributed by atoms with E-state index in [1.165, 1.54) is 18.2 Å². The smallest absolute Gasteiger partial charge is 0.397 e. The van der Waals surface area contributed by atoms with Gasteiger partial charge in [-0.25, -0.2) is 0 Å². The van der Waals surface area contributed by atoms with Gasteiger partial charge in [-0.1, -0.05) is 17.7 Å². The fourth-order valence-corrected chi connectivity index (χ4v) is 2.11. The number of carbonyl (C=O) groups is 1. The molecule has 0 bridgehead atoms. The second-order valence-corrected chi connectivity index (χ2v) is 5.95. The van der Waals surface area contributed by atoms with Gasteiger partial charge in [0.25, 0.3) is 0 Å². The van der Waals surface area contributed by atoms with E-state index < -0.39 is 23.6 Å². The number of nitrogens with two attached hydrogens (primary N) is 1. The number of halogens is 4. The van der Waals surface area contributed by atoms with Gasteiger partial charge >= 0.3 is 12.1 Å². The molecule has 0 spiro atoms. The van der Waals surface area contributed by atoms with Crippen LogP contribution < -0.4 is 5.73 Å². The van der Waals surface area contributed by atoms with E-state index in [2.05, 4.69) is 0 Å². The Balaban J connectivity index is 3.12. The number of esters is 1. The maximum atomic E-state index is 13.1. The number of hydrogen-bond donors (Lipinski definition) is 1. The minimum absolute atomic E-state index is 0.00167. The maximum absolute atomic E-state index is 13.1. The Hall–Kier alpha value is -1.27. The minimum atomic E-state index is -4.43. The topological polar surface area (TPSA) is 52.3 Å². The molecule has 0 saturated carbocycles. The Morgan fingerprint density at radius 2 is 1.91 bits per heavy atom. The van der Waals surface area contributed by atoms with Crippen LogP contribution in [-0.2, 0) is 14.9 Å². The third kappa shape index (κ3) is 4.36. The lowest BCUT2D eigenvalue weighted by Gasteiger charge is -2.29. The van der Waals surface area contributed by atoms with Crippen LogP contribution in [0.1, 0.15) is 44.4 Å². The summed E-state index contributed by atoms with van der Waals surface area (Å²) in [7, 11) is 0. The highest BCUT2D eigenvalue weighted by Gasteiger charge is 2.48. The van der Waals surface area contributed by atoms with Crippen LogP contribution in [0.2, 0.25) is 5.02 Å². The van der Waals surface area contributed by atoms with Gasteiger partial charge in [0, 0.05) is 11.1 Å². The molecule has 7 heteroatoms. The van der Waals surface area contributed by atoms with Crippen LogP contribution in [0.4, 0.5) is 13.2 Å². The van der Waals surface area contributed by atoms with E-state index in [9.17, 15) is 18.0 Å². The van der Waals surface area contributed by atoms with E-state index >= 15 is 0 Å². The summed E-state index contributed by atoms with van der Waals surface area (Å²) >= 11 is 5.91. The molecule has 124 valence electrons. The Morgan fingerprint density at radius 3 is 2.41 bits per heavy atom. The fourth-order valence-electron chi connectivity index (χ4n) is 1.87. The Kier molecular flexibility index (Phi) is 5.87. The van der Waals surface area contributed by atoms with Gasteiger partial charge in [0.15, 0.2) is 0 Å². The van der Waals surface area contributed by atoms with Gasteiger partial charge in [0.05, 0.1) is 18.4 Å². The first-order chi connectivity index (χ1) is 9.99. The van der Waals surface area contributed by atoms with Crippen molar-refractivity contribution in [1.29, 1.82) is 0 Å². The molecule has 0 aromatic heterocycles. The highest BCUT2D eigenvalue weighted by molar-refractivity contribution is 6.30. The number of rotatable bonds is 5. The maximum Gasteiger partial charge on any atom is 0.397 e. The predicted octanol–water partition coefficient (Wildman–Crippen LogP) is 4.13. The molecule has 0 saturated heterocycles. The predicted molar refractivity (Wildman–Crippen MR) is 78.7 cm³/mol. The first-order valence-corrected chi connectivity index (χ1v) is 7.15. The average Bonchev–Trinajstić information content (AvgIpc) is 2.36. The molecule has 22 heavy (non-hydrogen) atoms. The quantitative estimate of drug-likeness (QED) is 0.822. The second kappa shape index (κ2) is 6.87. The van der Waals surface area contributed by atoms with E-state index in [-0.39, 0.29) is 23.6 Å². The zero-order chi connectivity index (χ0) is 17.1. The highest BCUT2D eigenvalue weighted by atomic mass is 35.5. The van der Waals surface area contributed by atoms with Crippen LogP contribution >= 0.6 is 11.6 Å². The summed E-state index contributed by atoms with van der Waals surface area (Å²) in [5.41, 5.74) is 4.17. The Morgan fingerprint density at radius 1 is 1.32 bits per heavy atom. The summed E-state index contributed by atoms with van der Waals surface area (Å²) in [4.78, 5) is 11.4. The van der Waals surface area contributed by atoms with Crippen molar-refractivity contribution in [2.75, 3.05) is 6.61 Å². The summed E-state index contributed by atoms with van der Waals surface area (Å²) < 4.78 is 44.2. The van der Waals surface area contributed by atoms with Gasteiger partial charge in [-0.2, -0.15) is 13.2 Å². The van der Waals surface area contributed by atoms with Gasteiger partial charge in [-0.3, -0.25) is 4.79 Å². The van der Waals surface area contributed by atoms with Crippen LogP contribution in [0, 0.1) is 0 Å². The number of carbonyl (C=O) groups excluding carboxylic acids is 1. The number of ether oxygens (including phenoxy) is 1. The van der Waals surface area contributed by atoms with Crippen molar-refractivity contribution in [1.82, 2.24) is 0 Å². The Labute approximate surface area is 132 Å². The zero-order valence-corrected chi connectivity index (χ0v) is 13.4. The lowest BCUT2D eigenvalue weighted by atomic mass is 9.82. The largest absolute Gasteiger partial charge is 0.466 e. The van der Waals surface area contributed by atoms with Crippen molar-refractivity contribution in [3.63, 3.8) is 0 Å². The minimum Gasteiger partial charge on any atom is -0.466 e. The molecule has 0 aliphatic rings. The van der Waals surface area contributed by atoms with Crippen molar-refractivity contribution < 1.29 is 22.7 Å². The number of alkyl halides is 3. The molecule has 1 aromatic rings. The molecule has 1 atom stereocenters. The zero-order valence-electron chi connectivity index (χ0n) is 12.6. The third-order valence-electron chi connectivity index (χ3n) is 3.47. The van der Waals surface area contributed by atoms with Crippen molar-refractivity contribution in [3.05, 3.63) is 34.3 Å². The molecule has 1 rings (SSSR count). The average molecular weight is 338 g/mol. The lowest BCUT2D eigenvalue weighted by molar-refractivity contribution is -0.180. The van der Waals surface area contributed by atoms with E-state index in [0.717, 1.165) is 13.8 Å². The molecule has 0 radical (unpaired) electrons. The monoisotopic (exact) mass is 337 g/mol. The molecule has 0 heterocycles. The van der Waals surface area contributed by atoms with E-state index in [1.54, 1.807) is 6.92 Å². The number of hydrogen-bond acceptors (Lipinski definition) is 3. The molecule has 1 aromatic carbocycles. The van der Waals surface area contributed by atoms with Gasteiger partial charge < -0.3 is 10.5 Å². The van der Waals surface area contributed by atoms with Gasteiger partial charge in [0.2, 0.25) is 0 Å². The molecule has 2 N–H and O–H groups in total. The number of benzene rings is 1. The first-order valence-electron chi connectivity index (χ1n) is 6.78. The van der Waals surface area contributed by atoms with Gasteiger partial charge in [-0.05, 0) is 44.0 Å². The molecule has 0 aliphatic heterocycles. The van der Waals surface area contributed by atoms with Crippen LogP contribution in [0.15, 0.2) is 18.2 Å². The van der Waals surface area contributed by atoms with Crippen LogP contribution in [-0.4, -0.2) is 18.8 Å². The first kappa shape index (κ1) is 18.8. The van der Waals surface area contributed by atoms with Crippen LogP contribution in [0.25, 0.3) is 0 Å². The molecular formula is C15H19ClF3NO2. The summed E-state index contributed by atoms with van der Waals surface area (Å²) in [5, 5.41) is 0.143. The summed E-state index contributed by atoms with van der Waals surface area (Å²) in [5.74, 6) is -0.508. The van der Waals surface area contributed by atoms with Crippen molar-refractivity contribution in [2.45, 2.75) is 44.8 Å². The fraction of sp³-hybridized carbons (Fsp3) is 0.533. The molecule has 1 unspecified atom stereocenters. The van der Waals surface area contributed by atoms with E-state index in [0.29, 0.717) is 5.56 Å². The molecule has 0 fully saturated rings. The van der Waals surface area contributed by atoms with Crippen molar-refractivity contribution in [3.8, 4) is 0 Å². The second-order valence-electron chi connectivity index (χ2n) is 5.51. The SMILES string of the molecule is CCOC(=O)CC(N)c1cc(Cl)cc(C(C)(C)C(F)(F)F)c1. The summed E-state index contributed by atoms with van der Waals surface area (Å²) in [6, 6.07) is 3.28. The highest BCUT2D eigenvalue weighted by Crippen LogP contribution is 2.41.